The third-order valence-electron chi connectivity index (χ3n) is 8.15. The molecule has 0 aliphatic heterocycles. The van der Waals surface area contributed by atoms with Gasteiger partial charge in [-0.1, -0.05) is 48.2 Å². The lowest BCUT2D eigenvalue weighted by molar-refractivity contribution is -0.123. The van der Waals surface area contributed by atoms with Crippen LogP contribution in [0.25, 0.3) is 27.6 Å². The Labute approximate surface area is 289 Å². The number of benzene rings is 2. The van der Waals surface area contributed by atoms with Crippen molar-refractivity contribution in [1.82, 2.24) is 25.2 Å². The van der Waals surface area contributed by atoms with E-state index in [0.29, 0.717) is 81.3 Å². The molecule has 2 aromatic heterocycles. The number of aromatic amines is 1. The lowest BCUT2D eigenvalue weighted by Gasteiger charge is -2.29. The third-order valence-corrected chi connectivity index (χ3v) is 9.09. The molecule has 1 fully saturated rings. The molecule has 49 heavy (non-hydrogen) atoms. The van der Waals surface area contributed by atoms with Gasteiger partial charge in [0.25, 0.3) is 5.56 Å². The molecule has 1 aliphatic rings. The Balaban J connectivity index is 0.997. The van der Waals surface area contributed by atoms with Gasteiger partial charge in [0.1, 0.15) is 11.0 Å². The van der Waals surface area contributed by atoms with Crippen molar-refractivity contribution in [2.75, 3.05) is 65.2 Å². The number of aromatic nitrogens is 3. The number of hydrogen-bond donors (Lipinski definition) is 4. The largest absolute Gasteiger partial charge is 0.379 e. The second-order valence-electron chi connectivity index (χ2n) is 11.7. The molecule has 2 aromatic carbocycles. The number of nitrogens with zero attached hydrogens (tertiary/aromatic N) is 2. The average Bonchev–Trinajstić information content (AvgIpc) is 3.49. The maximum atomic E-state index is 13.7. The van der Waals surface area contributed by atoms with Crippen LogP contribution in [0.15, 0.2) is 64.5 Å². The van der Waals surface area contributed by atoms with Gasteiger partial charge in [-0.05, 0) is 43.9 Å². The van der Waals surface area contributed by atoms with Crippen LogP contribution in [-0.4, -0.2) is 104 Å². The molecule has 0 unspecified atom stereocenters. The Morgan fingerprint density at radius 1 is 0.796 bits per heavy atom. The number of amides is 2. The average molecular weight is 695 g/mol. The number of carbonyl (C=O) groups excluding carboxylic acids is 2. The first kappa shape index (κ1) is 36.5. The molecule has 1 aliphatic carbocycles. The van der Waals surface area contributed by atoms with E-state index in [0.717, 1.165) is 36.6 Å². The van der Waals surface area contributed by atoms with Gasteiger partial charge < -0.3 is 40.3 Å². The first-order chi connectivity index (χ1) is 24.0. The van der Waals surface area contributed by atoms with E-state index in [4.69, 9.17) is 29.7 Å². The number of para-hydroxylation sites is 2. The van der Waals surface area contributed by atoms with Crippen molar-refractivity contribution in [1.29, 1.82) is 0 Å². The van der Waals surface area contributed by atoms with Gasteiger partial charge in [-0.2, -0.15) is 0 Å². The van der Waals surface area contributed by atoms with Crippen LogP contribution in [0.2, 0.25) is 0 Å². The highest BCUT2D eigenvalue weighted by Crippen LogP contribution is 2.26. The summed E-state index contributed by atoms with van der Waals surface area (Å²) in [5, 5.41) is 7.54. The predicted octanol–water partition coefficient (Wildman–Crippen LogP) is 2.92. The summed E-state index contributed by atoms with van der Waals surface area (Å²) in [5.41, 5.74) is 7.68. The van der Waals surface area contributed by atoms with E-state index in [1.54, 1.807) is 4.57 Å². The highest BCUT2D eigenvalue weighted by molar-refractivity contribution is 7.99. The lowest BCUT2D eigenvalue weighted by atomic mass is 9.91. The summed E-state index contributed by atoms with van der Waals surface area (Å²) in [5.74, 6) is -0.0423. The van der Waals surface area contributed by atoms with Crippen LogP contribution in [0.4, 0.5) is 0 Å². The molecular formula is C35H46N6O7S. The molecule has 5 N–H and O–H groups in total. The molecule has 0 bridgehead atoms. The molecule has 264 valence electrons. The van der Waals surface area contributed by atoms with E-state index in [2.05, 4.69) is 15.6 Å². The summed E-state index contributed by atoms with van der Waals surface area (Å²) >= 11 is 1.24. The van der Waals surface area contributed by atoms with E-state index in [1.165, 1.54) is 11.8 Å². The van der Waals surface area contributed by atoms with Gasteiger partial charge in [0.15, 0.2) is 5.16 Å². The summed E-state index contributed by atoms with van der Waals surface area (Å²) in [6.07, 6.45) is 3.40. The fraction of sp³-hybridized carbons (Fsp3) is 0.486. The third kappa shape index (κ3) is 10.8. The van der Waals surface area contributed by atoms with Gasteiger partial charge in [-0.15, -0.1) is 0 Å². The summed E-state index contributed by atoms with van der Waals surface area (Å²) in [6.45, 7) is 4.19. The molecule has 2 amide bonds. The zero-order valence-electron chi connectivity index (χ0n) is 27.7. The van der Waals surface area contributed by atoms with Crippen LogP contribution >= 0.6 is 11.8 Å². The molecule has 14 heteroatoms. The van der Waals surface area contributed by atoms with E-state index in [-0.39, 0.29) is 41.6 Å². The highest BCUT2D eigenvalue weighted by Gasteiger charge is 2.24. The minimum Gasteiger partial charge on any atom is -0.379 e. The van der Waals surface area contributed by atoms with Crippen molar-refractivity contribution in [3.63, 3.8) is 0 Å². The predicted molar refractivity (Wildman–Crippen MR) is 189 cm³/mol. The quantitative estimate of drug-likeness (QED) is 0.0613. The summed E-state index contributed by atoms with van der Waals surface area (Å²) in [6, 6.07) is 17.1. The number of nitrogens with two attached hydrogens (primary N) is 1. The van der Waals surface area contributed by atoms with Crippen LogP contribution in [-0.2, 0) is 28.5 Å². The number of fused-ring (bicyclic) bond motifs is 3. The molecule has 0 atom stereocenters. The Hall–Kier alpha value is -3.79. The van der Waals surface area contributed by atoms with Crippen molar-refractivity contribution in [2.24, 2.45) is 5.73 Å². The van der Waals surface area contributed by atoms with Crippen LogP contribution in [0.3, 0.4) is 0 Å². The highest BCUT2D eigenvalue weighted by atomic mass is 32.2. The standard InChI is InChI=1S/C35H46N6O7S/c36-15-17-46-19-21-48-23-22-47-20-18-45-16-14-30(42)37-25-10-12-26(13-11-25)38-31(43)24-49-35-40-32-28-8-4-5-9-29(28)39-33(32)34(44)41(35)27-6-2-1-3-7-27/h1-9,25-26,39H,10-24,36H2,(H,37,42)(H,38,43). The van der Waals surface area contributed by atoms with Gasteiger partial charge in [0, 0.05) is 36.0 Å². The van der Waals surface area contributed by atoms with Crippen molar-refractivity contribution < 1.29 is 28.5 Å². The van der Waals surface area contributed by atoms with E-state index >= 15 is 0 Å². The SMILES string of the molecule is NCCOCCOCCOCCOCCC(=O)NC1CCC(NC(=O)CSc2nc3c([nH]c4ccccc43)c(=O)n2-c2ccccc2)CC1. The summed E-state index contributed by atoms with van der Waals surface area (Å²) in [4.78, 5) is 47.2. The van der Waals surface area contributed by atoms with Crippen LogP contribution in [0.5, 0.6) is 0 Å². The second kappa shape index (κ2) is 19.4. The van der Waals surface area contributed by atoms with Gasteiger partial charge in [-0.3, -0.25) is 19.0 Å². The summed E-state index contributed by atoms with van der Waals surface area (Å²) < 4.78 is 23.2. The van der Waals surface area contributed by atoms with Crippen molar-refractivity contribution in [3.8, 4) is 5.69 Å². The van der Waals surface area contributed by atoms with Gasteiger partial charge in [0.05, 0.1) is 64.3 Å². The Morgan fingerprint density at radius 2 is 1.37 bits per heavy atom. The second-order valence-corrected chi connectivity index (χ2v) is 12.7. The van der Waals surface area contributed by atoms with Crippen LogP contribution in [0.1, 0.15) is 32.1 Å². The molecule has 0 spiro atoms. The van der Waals surface area contributed by atoms with Crippen LogP contribution < -0.4 is 21.9 Å². The van der Waals surface area contributed by atoms with E-state index in [9.17, 15) is 14.4 Å². The van der Waals surface area contributed by atoms with E-state index in [1.807, 2.05) is 54.6 Å². The van der Waals surface area contributed by atoms with Gasteiger partial charge in [0.2, 0.25) is 11.8 Å². The molecule has 4 aromatic rings. The zero-order valence-corrected chi connectivity index (χ0v) is 28.5. The van der Waals surface area contributed by atoms with Crippen LogP contribution in [0, 0.1) is 0 Å². The molecule has 2 heterocycles. The number of H-pyrrole nitrogens is 1. The first-order valence-corrected chi connectivity index (χ1v) is 17.8. The van der Waals surface area contributed by atoms with Crippen molar-refractivity contribution >= 4 is 45.5 Å². The van der Waals surface area contributed by atoms with E-state index < -0.39 is 0 Å². The number of nitrogens with one attached hydrogen (secondary N) is 3. The molecule has 0 radical (unpaired) electrons. The molecule has 0 saturated heterocycles. The number of carbonyl (C=O) groups is 2. The fourth-order valence-electron chi connectivity index (χ4n) is 5.74. The topological polar surface area (TPSA) is 172 Å². The molecule has 13 nitrogen and oxygen atoms in total. The molecular weight excluding hydrogens is 648 g/mol. The van der Waals surface area contributed by atoms with Gasteiger partial charge in [-0.25, -0.2) is 4.98 Å². The number of rotatable bonds is 20. The molecule has 5 rings (SSSR count). The number of hydrogen-bond acceptors (Lipinski definition) is 10. The number of thioether (sulfide) groups is 1. The smallest absolute Gasteiger partial charge is 0.283 e. The zero-order chi connectivity index (χ0) is 34.3. The Morgan fingerprint density at radius 3 is 2.02 bits per heavy atom. The van der Waals surface area contributed by atoms with Crippen molar-refractivity contribution in [2.45, 2.75) is 49.3 Å². The number of ether oxygens (including phenoxy) is 4. The lowest BCUT2D eigenvalue weighted by Crippen LogP contribution is -2.44. The summed E-state index contributed by atoms with van der Waals surface area (Å²) in [7, 11) is 0. The maximum absolute atomic E-state index is 13.7. The Kier molecular flexibility index (Phi) is 14.5. The maximum Gasteiger partial charge on any atom is 0.283 e. The van der Waals surface area contributed by atoms with Gasteiger partial charge >= 0.3 is 0 Å². The van der Waals surface area contributed by atoms with Crippen molar-refractivity contribution in [3.05, 3.63) is 65.0 Å². The minimum absolute atomic E-state index is 0.0276. The normalized spacial score (nSPS) is 16.3. The first-order valence-electron chi connectivity index (χ1n) is 16.8. The monoisotopic (exact) mass is 694 g/mol. The fourth-order valence-corrected chi connectivity index (χ4v) is 6.55. The minimum atomic E-state index is -0.213. The molecule has 1 saturated carbocycles. The Bertz CT molecular complexity index is 1690.